The van der Waals surface area contributed by atoms with Gasteiger partial charge in [0, 0.05) is 42.3 Å². The van der Waals surface area contributed by atoms with E-state index in [4.69, 9.17) is 10.5 Å². The first-order valence-electron chi connectivity index (χ1n) is 14.1. The molecule has 3 aromatic carbocycles. The van der Waals surface area contributed by atoms with Gasteiger partial charge in [0.15, 0.2) is 0 Å². The average Bonchev–Trinajstić information content (AvgIpc) is 2.94. The maximum atomic E-state index is 11.5. The Kier molecular flexibility index (Phi) is 18.4. The van der Waals surface area contributed by atoms with Crippen molar-refractivity contribution in [1.82, 2.24) is 14.9 Å². The largest absolute Gasteiger partial charge is 0.497 e. The fourth-order valence-electron chi connectivity index (χ4n) is 3.60. The first-order valence-corrected chi connectivity index (χ1v) is 14.9. The summed E-state index contributed by atoms with van der Waals surface area (Å²) in [6.45, 7) is 13.9. The Balaban J connectivity index is 0.000000344. The Labute approximate surface area is 251 Å². The number of carbonyl (C=O) groups excluding carboxylic acids is 2. The van der Waals surface area contributed by atoms with Crippen LogP contribution in [0.25, 0.3) is 0 Å². The number of nitrogens with one attached hydrogen (secondary N) is 2. The Morgan fingerprint density at radius 2 is 1.68 bits per heavy atom. The molecule has 0 aliphatic heterocycles. The molecule has 2 amide bonds. The van der Waals surface area contributed by atoms with Gasteiger partial charge in [-0.05, 0) is 92.6 Å². The number of ether oxygens (including phenoxy) is 1. The highest BCUT2D eigenvalue weighted by molar-refractivity contribution is 7.97. The van der Waals surface area contributed by atoms with Gasteiger partial charge in [-0.15, -0.1) is 0 Å². The van der Waals surface area contributed by atoms with Gasteiger partial charge in [-0.25, -0.2) is 4.31 Å². The predicted molar refractivity (Wildman–Crippen MR) is 173 cm³/mol. The molecule has 0 saturated carbocycles. The second-order valence-electron chi connectivity index (χ2n) is 10.0. The highest BCUT2D eigenvalue weighted by Gasteiger charge is 2.09. The molecule has 0 spiro atoms. The molecule has 0 aromatic heterocycles. The number of nitrogen functional groups attached to an aromatic ring is 1. The summed E-state index contributed by atoms with van der Waals surface area (Å²) in [7, 11) is 1.67. The summed E-state index contributed by atoms with van der Waals surface area (Å²) in [5.74, 6) is 1.43. The molecule has 0 radical (unpaired) electrons. The van der Waals surface area contributed by atoms with Gasteiger partial charge < -0.3 is 21.1 Å². The molecule has 3 aromatic rings. The van der Waals surface area contributed by atoms with E-state index in [0.717, 1.165) is 50.2 Å². The summed E-state index contributed by atoms with van der Waals surface area (Å²) in [6, 6.07) is 23.7. The minimum atomic E-state index is -0.0535. The summed E-state index contributed by atoms with van der Waals surface area (Å²) in [4.78, 5) is 23.0. The highest BCUT2D eigenvalue weighted by Crippen LogP contribution is 2.25. The van der Waals surface area contributed by atoms with E-state index in [1.807, 2.05) is 56.3 Å². The standard InChI is InChI=1S/C15H24N2O2S.C11H16N2O.C7H8/c1-13(2)11-17(10-4-9-16-12-18)20-15-7-5-14(19-3)6-8-15;1-3-4-13-11(14)9-5-8(2)6-10(12)7-9;1-7-5-3-2-4-6-7/h5-8,12-13H,4,9-11H2,1-3H3,(H,16,18);5-7H,3-4,12H2,1-2H3,(H,13,14);2-6H,1H3. The molecule has 0 bridgehead atoms. The third-order valence-corrected chi connectivity index (χ3v) is 6.59. The number of aryl methyl sites for hydroxylation is 2. The molecule has 0 unspecified atom stereocenters. The van der Waals surface area contributed by atoms with Crippen molar-refractivity contribution in [3.05, 3.63) is 89.5 Å². The van der Waals surface area contributed by atoms with E-state index in [1.165, 1.54) is 10.5 Å². The highest BCUT2D eigenvalue weighted by atomic mass is 32.2. The fourth-order valence-corrected chi connectivity index (χ4v) is 4.75. The van der Waals surface area contributed by atoms with Crippen LogP contribution in [0.15, 0.2) is 77.7 Å². The van der Waals surface area contributed by atoms with E-state index >= 15 is 0 Å². The summed E-state index contributed by atoms with van der Waals surface area (Å²) in [5, 5.41) is 5.51. The number of benzene rings is 3. The molecule has 3 rings (SSSR count). The molecule has 41 heavy (non-hydrogen) atoms. The smallest absolute Gasteiger partial charge is 0.251 e. The lowest BCUT2D eigenvalue weighted by Crippen LogP contribution is -2.25. The molecule has 0 aliphatic carbocycles. The van der Waals surface area contributed by atoms with Crippen molar-refractivity contribution in [2.75, 3.05) is 39.0 Å². The number of hydrogen-bond acceptors (Lipinski definition) is 6. The van der Waals surface area contributed by atoms with Crippen molar-refractivity contribution >= 4 is 30.0 Å². The van der Waals surface area contributed by atoms with Crippen LogP contribution in [-0.2, 0) is 4.79 Å². The molecule has 8 heteroatoms. The summed E-state index contributed by atoms with van der Waals surface area (Å²) < 4.78 is 7.51. The van der Waals surface area contributed by atoms with E-state index in [0.29, 0.717) is 23.7 Å². The molecule has 0 fully saturated rings. The fraction of sp³-hybridized carbons (Fsp3) is 0.394. The number of nitrogens with two attached hydrogens (primary N) is 1. The second kappa shape index (κ2) is 21.3. The Morgan fingerprint density at radius 1 is 1.00 bits per heavy atom. The quantitative estimate of drug-likeness (QED) is 0.0923. The Bertz CT molecular complexity index is 1100. The monoisotopic (exact) mass is 580 g/mol. The predicted octanol–water partition coefficient (Wildman–Crippen LogP) is 6.51. The van der Waals surface area contributed by atoms with Gasteiger partial charge in [0.25, 0.3) is 5.91 Å². The van der Waals surface area contributed by atoms with Gasteiger partial charge in [0.2, 0.25) is 6.41 Å². The summed E-state index contributed by atoms with van der Waals surface area (Å²) in [6.07, 6.45) is 2.64. The van der Waals surface area contributed by atoms with Crippen LogP contribution in [0.2, 0.25) is 0 Å². The number of anilines is 1. The van der Waals surface area contributed by atoms with Crippen molar-refractivity contribution in [3.63, 3.8) is 0 Å². The van der Waals surface area contributed by atoms with Crippen LogP contribution in [0.4, 0.5) is 5.69 Å². The van der Waals surface area contributed by atoms with Crippen LogP contribution in [0.3, 0.4) is 0 Å². The Hall–Kier alpha value is -3.49. The van der Waals surface area contributed by atoms with Gasteiger partial charge in [-0.3, -0.25) is 9.59 Å². The van der Waals surface area contributed by atoms with Gasteiger partial charge in [-0.2, -0.15) is 0 Å². The molecule has 7 nitrogen and oxygen atoms in total. The van der Waals surface area contributed by atoms with Gasteiger partial charge >= 0.3 is 0 Å². The van der Waals surface area contributed by atoms with E-state index in [9.17, 15) is 9.59 Å². The van der Waals surface area contributed by atoms with E-state index in [2.05, 4.69) is 60.0 Å². The number of carbonyl (C=O) groups is 2. The zero-order chi connectivity index (χ0) is 30.5. The first kappa shape index (κ1) is 35.5. The van der Waals surface area contributed by atoms with Crippen LogP contribution in [-0.4, -0.2) is 49.9 Å². The lowest BCUT2D eigenvalue weighted by Gasteiger charge is -2.23. The molecular formula is C33H48N4O3S. The molecule has 0 aliphatic rings. The topological polar surface area (TPSA) is 96.7 Å². The summed E-state index contributed by atoms with van der Waals surface area (Å²) >= 11 is 1.76. The zero-order valence-corrected chi connectivity index (χ0v) is 26.3. The van der Waals surface area contributed by atoms with Crippen LogP contribution < -0.4 is 21.1 Å². The second-order valence-corrected chi connectivity index (χ2v) is 11.2. The maximum Gasteiger partial charge on any atom is 0.251 e. The molecular weight excluding hydrogens is 532 g/mol. The van der Waals surface area contributed by atoms with Crippen LogP contribution in [0.5, 0.6) is 5.75 Å². The normalized spacial score (nSPS) is 10.1. The van der Waals surface area contributed by atoms with Crippen molar-refractivity contribution in [3.8, 4) is 5.75 Å². The maximum absolute atomic E-state index is 11.5. The molecule has 0 heterocycles. The van der Waals surface area contributed by atoms with Gasteiger partial charge in [-0.1, -0.05) is 56.7 Å². The molecule has 0 atom stereocenters. The summed E-state index contributed by atoms with van der Waals surface area (Å²) in [5.41, 5.74) is 9.24. The molecule has 0 saturated heterocycles. The molecule has 4 N–H and O–H groups in total. The number of nitrogens with zero attached hydrogens (tertiary/aromatic N) is 1. The van der Waals surface area contributed by atoms with E-state index < -0.39 is 0 Å². The molecule has 224 valence electrons. The lowest BCUT2D eigenvalue weighted by atomic mass is 10.1. The van der Waals surface area contributed by atoms with Gasteiger partial charge in [0.05, 0.1) is 7.11 Å². The number of methoxy groups -OCH3 is 1. The van der Waals surface area contributed by atoms with Gasteiger partial charge in [0.1, 0.15) is 5.75 Å². The van der Waals surface area contributed by atoms with Crippen LogP contribution in [0, 0.1) is 19.8 Å². The van der Waals surface area contributed by atoms with E-state index in [-0.39, 0.29) is 5.91 Å². The van der Waals surface area contributed by atoms with Crippen molar-refractivity contribution in [1.29, 1.82) is 0 Å². The van der Waals surface area contributed by atoms with Crippen molar-refractivity contribution in [2.45, 2.75) is 52.4 Å². The first-order chi connectivity index (χ1) is 19.7. The van der Waals surface area contributed by atoms with Crippen LogP contribution in [0.1, 0.15) is 55.1 Å². The zero-order valence-electron chi connectivity index (χ0n) is 25.5. The number of rotatable bonds is 13. The third-order valence-electron chi connectivity index (χ3n) is 5.51. The van der Waals surface area contributed by atoms with Crippen molar-refractivity contribution < 1.29 is 14.3 Å². The van der Waals surface area contributed by atoms with Crippen LogP contribution >= 0.6 is 11.9 Å². The number of hydrogen-bond donors (Lipinski definition) is 3. The number of amides is 2. The van der Waals surface area contributed by atoms with E-state index in [1.54, 1.807) is 25.1 Å². The van der Waals surface area contributed by atoms with Crippen molar-refractivity contribution in [2.24, 2.45) is 5.92 Å². The third kappa shape index (κ3) is 17.0. The minimum Gasteiger partial charge on any atom is -0.497 e. The SMILES string of the molecule is CCCNC(=O)c1cc(C)cc(N)c1.COc1ccc(SN(CCCNC=O)CC(C)C)cc1.Cc1ccccc1. The Morgan fingerprint density at radius 3 is 2.20 bits per heavy atom. The minimum absolute atomic E-state index is 0.0535. The lowest BCUT2D eigenvalue weighted by molar-refractivity contribution is -0.109. The average molecular weight is 581 g/mol.